The van der Waals surface area contributed by atoms with Gasteiger partial charge in [-0.25, -0.2) is 8.42 Å². The van der Waals surface area contributed by atoms with Crippen LogP contribution in [-0.4, -0.2) is 26.4 Å². The second-order valence-corrected chi connectivity index (χ2v) is 9.06. The predicted molar refractivity (Wildman–Crippen MR) is 123 cm³/mol. The van der Waals surface area contributed by atoms with Gasteiger partial charge in [0, 0.05) is 23.4 Å². The molecule has 0 atom stereocenters. The summed E-state index contributed by atoms with van der Waals surface area (Å²) >= 11 is 0. The van der Waals surface area contributed by atoms with E-state index in [9.17, 15) is 18.0 Å². The Balaban J connectivity index is 1.85. The number of H-pyrrole nitrogens is 1. The van der Waals surface area contributed by atoms with Crippen molar-refractivity contribution in [3.8, 4) is 5.75 Å². The molecule has 0 spiro atoms. The van der Waals surface area contributed by atoms with Crippen LogP contribution >= 0.6 is 0 Å². The minimum Gasteiger partial charge on any atom is -0.495 e. The molecule has 0 saturated heterocycles. The lowest BCUT2D eigenvalue weighted by atomic mass is 10.1. The molecule has 1 amide bonds. The van der Waals surface area contributed by atoms with E-state index in [4.69, 9.17) is 4.74 Å². The van der Waals surface area contributed by atoms with E-state index in [-0.39, 0.29) is 22.6 Å². The van der Waals surface area contributed by atoms with Gasteiger partial charge in [-0.05, 0) is 62.2 Å². The molecule has 3 N–H and O–H groups in total. The lowest BCUT2D eigenvalue weighted by molar-refractivity contribution is 0.0950. The fourth-order valence-electron chi connectivity index (χ4n) is 3.33. The number of carbonyl (C=O) groups is 1. The number of methoxy groups -OCH3 is 1. The molecule has 0 radical (unpaired) electrons. The zero-order valence-corrected chi connectivity index (χ0v) is 19.1. The number of pyridine rings is 1. The zero-order chi connectivity index (χ0) is 23.5. The van der Waals surface area contributed by atoms with Crippen molar-refractivity contribution in [3.05, 3.63) is 86.8 Å². The summed E-state index contributed by atoms with van der Waals surface area (Å²) in [6.45, 7) is 5.25. The molecule has 8 nitrogen and oxygen atoms in total. The highest BCUT2D eigenvalue weighted by molar-refractivity contribution is 7.92. The predicted octanol–water partition coefficient (Wildman–Crippen LogP) is 3.04. The molecule has 32 heavy (non-hydrogen) atoms. The fraction of sp³-hybridized carbons (Fsp3) is 0.217. The number of rotatable bonds is 7. The van der Waals surface area contributed by atoms with Crippen LogP contribution in [0.2, 0.25) is 0 Å². The van der Waals surface area contributed by atoms with Gasteiger partial charge >= 0.3 is 0 Å². The van der Waals surface area contributed by atoms with E-state index in [2.05, 4.69) is 15.0 Å². The lowest BCUT2D eigenvalue weighted by Gasteiger charge is -2.14. The van der Waals surface area contributed by atoms with Gasteiger partial charge < -0.3 is 15.0 Å². The highest BCUT2D eigenvalue weighted by atomic mass is 32.2. The SMILES string of the molecule is COc1ccccc1NS(=O)(=O)c1cc(C(=O)NCc2c(C)cc(C)[nH]c2=O)ccc1C. The summed E-state index contributed by atoms with van der Waals surface area (Å²) in [5, 5.41) is 2.69. The number of para-hydroxylation sites is 2. The molecule has 168 valence electrons. The third-order valence-electron chi connectivity index (χ3n) is 5.01. The van der Waals surface area contributed by atoms with Crippen LogP contribution in [0.15, 0.2) is 58.2 Å². The number of hydrogen-bond acceptors (Lipinski definition) is 5. The van der Waals surface area contributed by atoms with E-state index in [0.29, 0.717) is 22.6 Å². The number of hydrogen-bond donors (Lipinski definition) is 3. The summed E-state index contributed by atoms with van der Waals surface area (Å²) in [5.74, 6) is -0.112. The van der Waals surface area contributed by atoms with E-state index < -0.39 is 15.9 Å². The van der Waals surface area contributed by atoms with Crippen LogP contribution in [0, 0.1) is 20.8 Å². The normalized spacial score (nSPS) is 11.1. The van der Waals surface area contributed by atoms with Gasteiger partial charge in [0.15, 0.2) is 0 Å². The number of ether oxygens (including phenoxy) is 1. The molecule has 0 bridgehead atoms. The third kappa shape index (κ3) is 5.00. The summed E-state index contributed by atoms with van der Waals surface area (Å²) < 4.78 is 33.8. The number of aromatic nitrogens is 1. The van der Waals surface area contributed by atoms with Gasteiger partial charge in [-0.1, -0.05) is 18.2 Å². The molecule has 0 aliphatic heterocycles. The Morgan fingerprint density at radius 3 is 2.44 bits per heavy atom. The van der Waals surface area contributed by atoms with Gasteiger partial charge in [-0.15, -0.1) is 0 Å². The fourth-order valence-corrected chi connectivity index (χ4v) is 4.67. The number of benzene rings is 2. The minimum atomic E-state index is -3.98. The van der Waals surface area contributed by atoms with E-state index >= 15 is 0 Å². The summed E-state index contributed by atoms with van der Waals surface area (Å²) in [7, 11) is -2.53. The van der Waals surface area contributed by atoms with Crippen LogP contribution in [-0.2, 0) is 16.6 Å². The minimum absolute atomic E-state index is 0.0235. The molecule has 0 aliphatic rings. The number of carbonyl (C=O) groups excluding carboxylic acids is 1. The molecule has 0 aliphatic carbocycles. The van der Waals surface area contributed by atoms with Crippen LogP contribution in [0.3, 0.4) is 0 Å². The largest absolute Gasteiger partial charge is 0.495 e. The average molecular weight is 456 g/mol. The quantitative estimate of drug-likeness (QED) is 0.506. The third-order valence-corrected chi connectivity index (χ3v) is 6.52. The van der Waals surface area contributed by atoms with Gasteiger partial charge in [0.25, 0.3) is 21.5 Å². The van der Waals surface area contributed by atoms with Crippen molar-refractivity contribution in [2.45, 2.75) is 32.2 Å². The van der Waals surface area contributed by atoms with Crippen LogP contribution in [0.25, 0.3) is 0 Å². The van der Waals surface area contributed by atoms with Crippen LogP contribution in [0.4, 0.5) is 5.69 Å². The zero-order valence-electron chi connectivity index (χ0n) is 18.3. The van der Waals surface area contributed by atoms with Crippen LogP contribution < -0.4 is 20.3 Å². The number of aromatic amines is 1. The van der Waals surface area contributed by atoms with Crippen molar-refractivity contribution in [1.29, 1.82) is 0 Å². The van der Waals surface area contributed by atoms with E-state index in [1.807, 2.05) is 6.07 Å². The maximum absolute atomic E-state index is 13.0. The topological polar surface area (TPSA) is 117 Å². The summed E-state index contributed by atoms with van der Waals surface area (Å²) in [6.07, 6.45) is 0. The summed E-state index contributed by atoms with van der Waals surface area (Å²) in [6, 6.07) is 12.9. The number of aryl methyl sites for hydroxylation is 3. The van der Waals surface area contributed by atoms with Crippen molar-refractivity contribution in [2.24, 2.45) is 0 Å². The molecule has 1 heterocycles. The number of nitrogens with one attached hydrogen (secondary N) is 3. The van der Waals surface area contributed by atoms with Gasteiger partial charge in [0.2, 0.25) is 0 Å². The average Bonchev–Trinajstić information content (AvgIpc) is 2.73. The maximum Gasteiger partial charge on any atom is 0.262 e. The molecule has 9 heteroatoms. The van der Waals surface area contributed by atoms with Crippen LogP contribution in [0.1, 0.15) is 32.7 Å². The second kappa shape index (κ2) is 9.27. The molecule has 2 aromatic carbocycles. The first-order valence-electron chi connectivity index (χ1n) is 9.86. The second-order valence-electron chi connectivity index (χ2n) is 7.41. The smallest absolute Gasteiger partial charge is 0.262 e. The van der Waals surface area contributed by atoms with Gasteiger partial charge in [0.1, 0.15) is 5.75 Å². The first-order valence-corrected chi connectivity index (χ1v) is 11.3. The highest BCUT2D eigenvalue weighted by Gasteiger charge is 2.21. The first kappa shape index (κ1) is 23.1. The summed E-state index contributed by atoms with van der Waals surface area (Å²) in [4.78, 5) is 27.5. The Morgan fingerprint density at radius 2 is 1.75 bits per heavy atom. The van der Waals surface area contributed by atoms with Crippen molar-refractivity contribution in [1.82, 2.24) is 10.3 Å². The van der Waals surface area contributed by atoms with Crippen molar-refractivity contribution >= 4 is 21.6 Å². The monoisotopic (exact) mass is 455 g/mol. The molecule has 3 rings (SSSR count). The van der Waals surface area contributed by atoms with Gasteiger partial charge in [-0.2, -0.15) is 0 Å². The molecular weight excluding hydrogens is 430 g/mol. The standard InChI is InChI=1S/C23H25N3O5S/c1-14-9-10-17(22(27)24-13-18-15(2)11-16(3)25-23(18)28)12-21(14)32(29,30)26-19-7-5-6-8-20(19)31-4/h5-12,26H,13H2,1-4H3,(H,24,27)(H,25,28). The number of sulfonamides is 1. The van der Waals surface area contributed by atoms with Crippen LogP contribution in [0.5, 0.6) is 5.75 Å². The first-order chi connectivity index (χ1) is 15.1. The number of amides is 1. The van der Waals surface area contributed by atoms with Crippen molar-refractivity contribution in [2.75, 3.05) is 11.8 Å². The molecule has 0 saturated carbocycles. The molecule has 0 fully saturated rings. The Kier molecular flexibility index (Phi) is 6.69. The van der Waals surface area contributed by atoms with E-state index in [0.717, 1.165) is 11.3 Å². The molecule has 3 aromatic rings. The molecule has 1 aromatic heterocycles. The van der Waals surface area contributed by atoms with Gasteiger partial charge in [-0.3, -0.25) is 14.3 Å². The molecular formula is C23H25N3O5S. The Bertz CT molecular complexity index is 1330. The highest BCUT2D eigenvalue weighted by Crippen LogP contribution is 2.27. The Morgan fingerprint density at radius 1 is 1.03 bits per heavy atom. The Labute approximate surface area is 186 Å². The Hall–Kier alpha value is -3.59. The maximum atomic E-state index is 13.0. The number of anilines is 1. The van der Waals surface area contributed by atoms with Crippen molar-refractivity contribution in [3.63, 3.8) is 0 Å². The molecule has 0 unspecified atom stereocenters. The lowest BCUT2D eigenvalue weighted by Crippen LogP contribution is -2.28. The van der Waals surface area contributed by atoms with Crippen molar-refractivity contribution < 1.29 is 17.9 Å². The van der Waals surface area contributed by atoms with E-state index in [1.165, 1.54) is 13.2 Å². The van der Waals surface area contributed by atoms with Gasteiger partial charge in [0.05, 0.1) is 17.7 Å². The van der Waals surface area contributed by atoms with E-state index in [1.54, 1.807) is 57.2 Å². The summed E-state index contributed by atoms with van der Waals surface area (Å²) in [5.41, 5.74) is 2.61.